The van der Waals surface area contributed by atoms with Crippen LogP contribution < -0.4 is 11.1 Å². The Kier molecular flexibility index (Phi) is 6.02. The van der Waals surface area contributed by atoms with Gasteiger partial charge in [-0.2, -0.15) is 13.2 Å². The summed E-state index contributed by atoms with van der Waals surface area (Å²) in [7, 11) is 0. The fraction of sp³-hybridized carbons (Fsp3) is 0.308. The van der Waals surface area contributed by atoms with E-state index < -0.39 is 39.1 Å². The van der Waals surface area contributed by atoms with Gasteiger partial charge in [-0.25, -0.2) is 9.97 Å². The van der Waals surface area contributed by atoms with Gasteiger partial charge in [-0.1, -0.05) is 18.7 Å². The first-order chi connectivity index (χ1) is 12.1. The number of halogens is 3. The molecule has 2 aromatic rings. The maximum atomic E-state index is 13.1. The number of carbonyl (C=O) groups is 1. The van der Waals surface area contributed by atoms with Crippen LogP contribution in [0.2, 0.25) is 0 Å². The molecule has 0 aliphatic heterocycles. The minimum atomic E-state index is -4.80. The Labute approximate surface area is 153 Å². The van der Waals surface area contributed by atoms with Crippen LogP contribution in [-0.2, 0) is 6.18 Å². The summed E-state index contributed by atoms with van der Waals surface area (Å²) in [6.45, 7) is 1.86. The van der Waals surface area contributed by atoms with Crippen molar-refractivity contribution < 1.29 is 22.9 Å². The highest BCUT2D eigenvalue weighted by Gasteiger charge is 2.39. The number of hydrogen-bond acceptors (Lipinski definition) is 8. The molecule has 0 unspecified atom stereocenters. The van der Waals surface area contributed by atoms with Gasteiger partial charge in [0.25, 0.3) is 5.91 Å². The first kappa shape index (κ1) is 19.9. The fourth-order valence-corrected chi connectivity index (χ4v) is 3.75. The molecule has 8 nitrogen and oxygen atoms in total. The molecule has 26 heavy (non-hydrogen) atoms. The van der Waals surface area contributed by atoms with Crippen molar-refractivity contribution in [2.24, 2.45) is 0 Å². The number of thioether (sulfide) groups is 1. The number of nitro groups is 1. The van der Waals surface area contributed by atoms with Crippen molar-refractivity contribution in [2.45, 2.75) is 23.9 Å². The molecule has 0 bridgehead atoms. The average Bonchev–Trinajstić information content (AvgIpc) is 2.97. The van der Waals surface area contributed by atoms with Gasteiger partial charge in [0.2, 0.25) is 5.82 Å². The van der Waals surface area contributed by atoms with Gasteiger partial charge in [-0.05, 0) is 12.5 Å². The molecule has 2 aromatic heterocycles. The summed E-state index contributed by atoms with van der Waals surface area (Å²) in [5.74, 6) is -1.18. The zero-order valence-corrected chi connectivity index (χ0v) is 14.8. The van der Waals surface area contributed by atoms with E-state index in [0.29, 0.717) is 17.1 Å². The molecule has 0 saturated heterocycles. The SMILES string of the molecule is CCCSc1nc(C(F)(F)F)c(C(=O)Nc2ccc([N+](=O)[O-])c(N)n2)s1. The van der Waals surface area contributed by atoms with Crippen LogP contribution in [0.4, 0.5) is 30.5 Å². The summed E-state index contributed by atoms with van der Waals surface area (Å²) in [6.07, 6.45) is -4.06. The van der Waals surface area contributed by atoms with E-state index in [0.717, 1.165) is 30.3 Å². The van der Waals surface area contributed by atoms with Gasteiger partial charge < -0.3 is 11.1 Å². The Bertz CT molecular complexity index is 841. The Balaban J connectivity index is 2.29. The van der Waals surface area contributed by atoms with Crippen molar-refractivity contribution in [3.05, 3.63) is 32.8 Å². The summed E-state index contributed by atoms with van der Waals surface area (Å²) in [6, 6.07) is 2.07. The zero-order valence-electron chi connectivity index (χ0n) is 13.2. The van der Waals surface area contributed by atoms with Crippen LogP contribution in [0.5, 0.6) is 0 Å². The van der Waals surface area contributed by atoms with E-state index in [2.05, 4.69) is 15.3 Å². The molecule has 0 atom stereocenters. The van der Waals surface area contributed by atoms with Crippen LogP contribution in [0.3, 0.4) is 0 Å². The van der Waals surface area contributed by atoms with Gasteiger partial charge in [0.05, 0.1) is 4.92 Å². The molecule has 0 radical (unpaired) electrons. The monoisotopic (exact) mass is 407 g/mol. The predicted octanol–water partition coefficient (Wildman–Crippen LogP) is 3.80. The van der Waals surface area contributed by atoms with Crippen LogP contribution in [-0.4, -0.2) is 26.6 Å². The summed E-state index contributed by atoms with van der Waals surface area (Å²) in [5, 5.41) is 12.8. The third-order valence-electron chi connectivity index (χ3n) is 2.85. The molecule has 0 saturated carbocycles. The third kappa shape index (κ3) is 4.60. The van der Waals surface area contributed by atoms with Gasteiger partial charge in [0.1, 0.15) is 10.7 Å². The van der Waals surface area contributed by atoms with Crippen molar-refractivity contribution >= 4 is 46.3 Å². The second kappa shape index (κ2) is 7.86. The molecule has 13 heteroatoms. The standard InChI is InChI=1S/C13H12F3N5O3S2/c1-2-5-25-12-20-9(13(14,15)16)8(26-12)11(22)19-7-4-3-6(21(23)24)10(17)18-7/h3-4H,2,5H2,1H3,(H3,17,18,19,22). The summed E-state index contributed by atoms with van der Waals surface area (Å²) in [4.78, 5) is 28.6. The number of nitrogens with zero attached hydrogens (tertiary/aromatic N) is 3. The minimum absolute atomic E-state index is 0.125. The van der Waals surface area contributed by atoms with Gasteiger partial charge in [0.15, 0.2) is 10.0 Å². The van der Waals surface area contributed by atoms with E-state index in [4.69, 9.17) is 5.73 Å². The van der Waals surface area contributed by atoms with Gasteiger partial charge >= 0.3 is 11.9 Å². The van der Waals surface area contributed by atoms with Crippen molar-refractivity contribution in [1.82, 2.24) is 9.97 Å². The number of nitrogens with one attached hydrogen (secondary N) is 1. The summed E-state index contributed by atoms with van der Waals surface area (Å²) >= 11 is 1.74. The number of anilines is 2. The normalized spacial score (nSPS) is 11.4. The number of rotatable bonds is 6. The number of pyridine rings is 1. The number of thiazole rings is 1. The lowest BCUT2D eigenvalue weighted by Crippen LogP contribution is -2.18. The number of alkyl halides is 3. The topological polar surface area (TPSA) is 124 Å². The number of carbonyl (C=O) groups excluding carboxylic acids is 1. The largest absolute Gasteiger partial charge is 0.435 e. The average molecular weight is 407 g/mol. The number of hydrogen-bond donors (Lipinski definition) is 2. The smallest absolute Gasteiger partial charge is 0.378 e. The lowest BCUT2D eigenvalue weighted by molar-refractivity contribution is -0.384. The maximum Gasteiger partial charge on any atom is 0.435 e. The molecule has 3 N–H and O–H groups in total. The molecule has 0 aliphatic rings. The van der Waals surface area contributed by atoms with E-state index >= 15 is 0 Å². The van der Waals surface area contributed by atoms with Crippen LogP contribution in [0.25, 0.3) is 0 Å². The molecule has 0 aromatic carbocycles. The molecule has 2 heterocycles. The molecule has 0 fully saturated rings. The quantitative estimate of drug-likeness (QED) is 0.424. The molecule has 140 valence electrons. The van der Waals surface area contributed by atoms with Crippen molar-refractivity contribution in [3.63, 3.8) is 0 Å². The Hall–Kier alpha value is -2.41. The molecule has 2 rings (SSSR count). The molecule has 1 amide bonds. The van der Waals surface area contributed by atoms with Crippen molar-refractivity contribution in [3.8, 4) is 0 Å². The number of aromatic nitrogens is 2. The van der Waals surface area contributed by atoms with Crippen LogP contribution in [0, 0.1) is 10.1 Å². The van der Waals surface area contributed by atoms with Crippen LogP contribution >= 0.6 is 23.1 Å². The molecular weight excluding hydrogens is 395 g/mol. The van der Waals surface area contributed by atoms with Crippen LogP contribution in [0.1, 0.15) is 28.7 Å². The number of nitrogens with two attached hydrogens (primary N) is 1. The molecule has 0 spiro atoms. The first-order valence-corrected chi connectivity index (χ1v) is 8.86. The molecule has 0 aliphatic carbocycles. The van der Waals surface area contributed by atoms with Gasteiger partial charge in [0, 0.05) is 11.8 Å². The highest BCUT2D eigenvalue weighted by Crippen LogP contribution is 2.38. The van der Waals surface area contributed by atoms with Crippen molar-refractivity contribution in [1.29, 1.82) is 0 Å². The maximum absolute atomic E-state index is 13.1. The van der Waals surface area contributed by atoms with Crippen molar-refractivity contribution in [2.75, 3.05) is 16.8 Å². The van der Waals surface area contributed by atoms with E-state index in [1.807, 2.05) is 6.92 Å². The first-order valence-electron chi connectivity index (χ1n) is 7.06. The summed E-state index contributed by atoms with van der Waals surface area (Å²) in [5.41, 5.74) is 3.64. The zero-order chi connectivity index (χ0) is 19.5. The Morgan fingerprint density at radius 2 is 2.12 bits per heavy atom. The van der Waals surface area contributed by atoms with E-state index in [9.17, 15) is 28.1 Å². The van der Waals surface area contributed by atoms with E-state index in [1.165, 1.54) is 0 Å². The van der Waals surface area contributed by atoms with Crippen LogP contribution in [0.15, 0.2) is 16.5 Å². The molecular formula is C13H12F3N5O3S2. The van der Waals surface area contributed by atoms with E-state index in [1.54, 1.807) is 0 Å². The number of amides is 1. The lowest BCUT2D eigenvalue weighted by atomic mass is 10.3. The second-order valence-electron chi connectivity index (χ2n) is 4.82. The third-order valence-corrected chi connectivity index (χ3v) is 5.26. The Morgan fingerprint density at radius 1 is 1.42 bits per heavy atom. The summed E-state index contributed by atoms with van der Waals surface area (Å²) < 4.78 is 39.5. The van der Waals surface area contributed by atoms with Gasteiger partial charge in [-0.15, -0.1) is 11.3 Å². The fourth-order valence-electron chi connectivity index (χ4n) is 1.76. The number of nitrogen functional groups attached to an aromatic ring is 1. The Morgan fingerprint density at radius 3 is 2.65 bits per heavy atom. The second-order valence-corrected chi connectivity index (χ2v) is 7.16. The lowest BCUT2D eigenvalue weighted by Gasteiger charge is -2.07. The van der Waals surface area contributed by atoms with Gasteiger partial charge in [-0.3, -0.25) is 14.9 Å². The predicted molar refractivity (Wildman–Crippen MR) is 91.4 cm³/mol. The van der Waals surface area contributed by atoms with E-state index in [-0.39, 0.29) is 10.2 Å². The highest BCUT2D eigenvalue weighted by molar-refractivity contribution is 8.01. The minimum Gasteiger partial charge on any atom is -0.378 e. The highest BCUT2D eigenvalue weighted by atomic mass is 32.2.